The van der Waals surface area contributed by atoms with Gasteiger partial charge in [-0.15, -0.1) is 0 Å². The van der Waals surface area contributed by atoms with Crippen molar-refractivity contribution in [1.82, 2.24) is 8.87 Å². The van der Waals surface area contributed by atoms with Crippen molar-refractivity contribution in [2.45, 2.75) is 23.8 Å². The van der Waals surface area contributed by atoms with Gasteiger partial charge in [-0.05, 0) is 54.4 Å². The van der Waals surface area contributed by atoms with E-state index in [2.05, 4.69) is 6.58 Å². The van der Waals surface area contributed by atoms with Crippen LogP contribution in [-0.4, -0.2) is 48.1 Å². The molecule has 2 heterocycles. The van der Waals surface area contributed by atoms with Crippen LogP contribution in [0.2, 0.25) is 5.02 Å². The zero-order valence-electron chi connectivity index (χ0n) is 17.3. The molecule has 0 spiro atoms. The molecular formula is C23H23ClN2O5S. The van der Waals surface area contributed by atoms with Gasteiger partial charge in [0, 0.05) is 41.1 Å². The van der Waals surface area contributed by atoms with Gasteiger partial charge in [-0.2, -0.15) is 4.31 Å². The molecule has 1 atom stereocenters. The second-order valence-corrected chi connectivity index (χ2v) is 10.1. The first-order chi connectivity index (χ1) is 15.3. The molecule has 168 valence electrons. The summed E-state index contributed by atoms with van der Waals surface area (Å²) < 4.78 is 34.9. The fourth-order valence-electron chi connectivity index (χ4n) is 4.11. The highest BCUT2D eigenvalue weighted by atomic mass is 35.5. The van der Waals surface area contributed by atoms with E-state index in [4.69, 9.17) is 16.3 Å². The summed E-state index contributed by atoms with van der Waals surface area (Å²) in [5.41, 5.74) is 1.68. The van der Waals surface area contributed by atoms with Crippen LogP contribution in [0.4, 0.5) is 0 Å². The maximum absolute atomic E-state index is 13.2. The molecule has 4 rings (SSSR count). The number of fused-ring (bicyclic) bond motifs is 1. The van der Waals surface area contributed by atoms with Crippen molar-refractivity contribution in [2.24, 2.45) is 0 Å². The van der Waals surface area contributed by atoms with Gasteiger partial charge in [-0.25, -0.2) is 8.42 Å². The minimum Gasteiger partial charge on any atom is -0.490 e. The molecule has 0 saturated carbocycles. The average molecular weight is 475 g/mol. The zero-order valence-corrected chi connectivity index (χ0v) is 18.8. The number of ether oxygens (including phenoxy) is 1. The number of rotatable bonds is 8. The first-order valence-corrected chi connectivity index (χ1v) is 12.0. The molecule has 1 saturated heterocycles. The van der Waals surface area contributed by atoms with Crippen molar-refractivity contribution in [3.8, 4) is 5.75 Å². The van der Waals surface area contributed by atoms with E-state index >= 15 is 0 Å². The zero-order chi connectivity index (χ0) is 22.9. The summed E-state index contributed by atoms with van der Waals surface area (Å²) in [5, 5.41) is 10.7. The first kappa shape index (κ1) is 22.4. The van der Waals surface area contributed by atoms with Crippen molar-refractivity contribution in [2.75, 3.05) is 19.7 Å². The Balaban J connectivity index is 1.59. The predicted molar refractivity (Wildman–Crippen MR) is 123 cm³/mol. The highest BCUT2D eigenvalue weighted by Crippen LogP contribution is 2.37. The second kappa shape index (κ2) is 8.97. The number of aromatic nitrogens is 1. The number of carbonyl (C=O) groups is 1. The SMILES string of the molecule is C=CCOc1ccc(S(=O)(=O)N2CCC(c3cn(CC(=O)O)c4ccc(Cl)cc34)C2)cc1. The molecule has 1 aromatic heterocycles. The molecule has 1 unspecified atom stereocenters. The van der Waals surface area contributed by atoms with Gasteiger partial charge in [-0.3, -0.25) is 4.79 Å². The number of benzene rings is 2. The molecule has 1 fully saturated rings. The molecule has 1 aliphatic rings. The Bertz CT molecular complexity index is 1270. The Morgan fingerprint density at radius 2 is 2.00 bits per heavy atom. The van der Waals surface area contributed by atoms with Crippen LogP contribution < -0.4 is 4.74 Å². The fraction of sp³-hybridized carbons (Fsp3) is 0.261. The molecular weight excluding hydrogens is 452 g/mol. The fourth-order valence-corrected chi connectivity index (χ4v) is 5.78. The van der Waals surface area contributed by atoms with Crippen LogP contribution in [0.3, 0.4) is 0 Å². The molecule has 2 aromatic carbocycles. The summed E-state index contributed by atoms with van der Waals surface area (Å²) in [7, 11) is -3.66. The van der Waals surface area contributed by atoms with Gasteiger partial charge < -0.3 is 14.4 Å². The largest absolute Gasteiger partial charge is 0.490 e. The number of hydrogen-bond acceptors (Lipinski definition) is 4. The highest BCUT2D eigenvalue weighted by Gasteiger charge is 2.34. The summed E-state index contributed by atoms with van der Waals surface area (Å²) in [6, 6.07) is 11.7. The Morgan fingerprint density at radius 1 is 1.25 bits per heavy atom. The molecule has 7 nitrogen and oxygen atoms in total. The summed E-state index contributed by atoms with van der Waals surface area (Å²) in [6.07, 6.45) is 4.07. The van der Waals surface area contributed by atoms with Crippen molar-refractivity contribution in [1.29, 1.82) is 0 Å². The topological polar surface area (TPSA) is 88.8 Å². The van der Waals surface area contributed by atoms with Gasteiger partial charge in [0.2, 0.25) is 10.0 Å². The van der Waals surface area contributed by atoms with Gasteiger partial charge in [-0.1, -0.05) is 24.3 Å². The molecule has 1 aliphatic heterocycles. The van der Waals surface area contributed by atoms with Gasteiger partial charge in [0.15, 0.2) is 0 Å². The molecule has 0 bridgehead atoms. The molecule has 0 radical (unpaired) electrons. The second-order valence-electron chi connectivity index (χ2n) is 7.69. The smallest absolute Gasteiger partial charge is 0.323 e. The quantitative estimate of drug-likeness (QED) is 0.496. The average Bonchev–Trinajstić information content (AvgIpc) is 3.38. The van der Waals surface area contributed by atoms with Gasteiger partial charge in [0.25, 0.3) is 0 Å². The third-order valence-electron chi connectivity index (χ3n) is 5.60. The van der Waals surface area contributed by atoms with Crippen molar-refractivity contribution < 1.29 is 23.1 Å². The molecule has 1 N–H and O–H groups in total. The third-order valence-corrected chi connectivity index (χ3v) is 7.71. The van der Waals surface area contributed by atoms with Crippen LogP contribution >= 0.6 is 11.6 Å². The van der Waals surface area contributed by atoms with Crippen molar-refractivity contribution >= 4 is 38.5 Å². The molecule has 0 aliphatic carbocycles. The lowest BCUT2D eigenvalue weighted by atomic mass is 9.98. The lowest BCUT2D eigenvalue weighted by Gasteiger charge is -2.17. The maximum atomic E-state index is 13.2. The third kappa shape index (κ3) is 4.39. The van der Waals surface area contributed by atoms with Crippen LogP contribution in [0.1, 0.15) is 17.9 Å². The number of sulfonamides is 1. The number of hydrogen-bond donors (Lipinski definition) is 1. The maximum Gasteiger partial charge on any atom is 0.323 e. The first-order valence-electron chi connectivity index (χ1n) is 10.1. The lowest BCUT2D eigenvalue weighted by Crippen LogP contribution is -2.28. The van der Waals surface area contributed by atoms with E-state index in [0.29, 0.717) is 36.9 Å². The summed E-state index contributed by atoms with van der Waals surface area (Å²) in [6.45, 7) is 4.46. The van der Waals surface area contributed by atoms with E-state index in [1.165, 1.54) is 4.31 Å². The van der Waals surface area contributed by atoms with Crippen LogP contribution in [0, 0.1) is 0 Å². The van der Waals surface area contributed by atoms with Gasteiger partial charge in [0.1, 0.15) is 18.9 Å². The van der Waals surface area contributed by atoms with E-state index < -0.39 is 16.0 Å². The molecule has 32 heavy (non-hydrogen) atoms. The van der Waals surface area contributed by atoms with E-state index in [-0.39, 0.29) is 17.4 Å². The summed E-state index contributed by atoms with van der Waals surface area (Å²) in [4.78, 5) is 11.5. The number of carboxylic acid groups (broad SMARTS) is 1. The van der Waals surface area contributed by atoms with Crippen molar-refractivity contribution in [3.63, 3.8) is 0 Å². The number of halogens is 1. The molecule has 0 amide bonds. The summed E-state index contributed by atoms with van der Waals surface area (Å²) in [5.74, 6) is -0.429. The predicted octanol–water partition coefficient (Wildman–Crippen LogP) is 4.12. The minimum absolute atomic E-state index is 0.0593. The minimum atomic E-state index is -3.66. The van der Waals surface area contributed by atoms with Crippen LogP contribution in [0.25, 0.3) is 10.9 Å². The standard InChI is InChI=1S/C23H23ClN2O5S/c1-2-11-31-18-4-6-19(7-5-18)32(29,30)26-10-9-16(13-26)21-14-25(15-23(27)28)22-8-3-17(24)12-20(21)22/h2-8,12,14,16H,1,9-11,13,15H2,(H,27,28). The highest BCUT2D eigenvalue weighted by molar-refractivity contribution is 7.89. The van der Waals surface area contributed by atoms with E-state index in [1.807, 2.05) is 12.3 Å². The van der Waals surface area contributed by atoms with Crippen molar-refractivity contribution in [3.05, 3.63) is 71.9 Å². The normalized spacial score (nSPS) is 17.0. The van der Waals surface area contributed by atoms with Crippen LogP contribution in [0.5, 0.6) is 5.75 Å². The van der Waals surface area contributed by atoms with E-state index in [1.54, 1.807) is 47.0 Å². The van der Waals surface area contributed by atoms with Crippen LogP contribution in [0.15, 0.2) is 66.2 Å². The number of aliphatic carboxylic acids is 1. The van der Waals surface area contributed by atoms with E-state index in [0.717, 1.165) is 16.5 Å². The van der Waals surface area contributed by atoms with Gasteiger partial charge >= 0.3 is 5.97 Å². The summed E-state index contributed by atoms with van der Waals surface area (Å²) >= 11 is 6.19. The Hall–Kier alpha value is -2.81. The van der Waals surface area contributed by atoms with Crippen LogP contribution in [-0.2, 0) is 21.4 Å². The Kier molecular flexibility index (Phi) is 6.28. The number of nitrogens with zero attached hydrogens (tertiary/aromatic N) is 2. The Labute approximate surface area is 191 Å². The number of carboxylic acids is 1. The lowest BCUT2D eigenvalue weighted by molar-refractivity contribution is -0.137. The molecule has 9 heteroatoms. The Morgan fingerprint density at radius 3 is 2.69 bits per heavy atom. The molecule has 3 aromatic rings. The van der Waals surface area contributed by atoms with Gasteiger partial charge in [0.05, 0.1) is 4.90 Å². The monoisotopic (exact) mass is 474 g/mol. The van der Waals surface area contributed by atoms with E-state index in [9.17, 15) is 18.3 Å².